The van der Waals surface area contributed by atoms with Crippen LogP contribution in [0.5, 0.6) is 0 Å². The first kappa shape index (κ1) is 10.2. The minimum Gasteiger partial charge on any atom is -0.340 e. The minimum absolute atomic E-state index is 0. The fourth-order valence-electron chi connectivity index (χ4n) is 0. The molecule has 0 saturated carbocycles. The van der Waals surface area contributed by atoms with Gasteiger partial charge in [-0.05, 0) is 0 Å². The molecule has 0 aromatic rings. The first-order valence-corrected chi connectivity index (χ1v) is 5.77. The molecule has 0 heterocycles. The zero-order chi connectivity index (χ0) is 4.50. The largest absolute Gasteiger partial charge is 0.403 e. The summed E-state index contributed by atoms with van der Waals surface area (Å²) in [4.78, 5) is 15.4. The van der Waals surface area contributed by atoms with Crippen LogP contribution in [0.25, 0.3) is 0 Å². The molecule has 0 aromatic heterocycles. The lowest BCUT2D eigenvalue weighted by atomic mass is 15.8. The van der Waals surface area contributed by atoms with Gasteiger partial charge in [0.1, 0.15) is 0 Å². The van der Waals surface area contributed by atoms with Crippen LogP contribution in [0.1, 0.15) is 0 Å². The predicted octanol–water partition coefficient (Wildman–Crippen LogP) is -2.47. The summed E-state index contributed by atoms with van der Waals surface area (Å²) in [5.74, 6) is 0. The molecule has 0 aromatic carbocycles. The molecular formula is H7Al2O3P. The van der Waals surface area contributed by atoms with E-state index in [-0.39, 0.29) is 33.2 Å². The third-order valence-electron chi connectivity index (χ3n) is 0. The van der Waals surface area contributed by atoms with Gasteiger partial charge in [-0.1, -0.05) is 0 Å². The first-order valence-electron chi connectivity index (χ1n) is 1.03. The molecule has 0 unspecified atom stereocenters. The van der Waals surface area contributed by atoms with E-state index in [1.807, 2.05) is 0 Å². The van der Waals surface area contributed by atoms with Gasteiger partial charge in [-0.3, -0.25) is 4.57 Å². The molecule has 2 N–H and O–H groups in total. The highest BCUT2D eigenvalue weighted by molar-refractivity contribution is 7.77. The molecule has 0 rings (SSSR count). The van der Waals surface area contributed by atoms with Gasteiger partial charge in [0.15, 0.2) is 17.4 Å². The lowest BCUT2D eigenvalue weighted by molar-refractivity contribution is 0.395. The standard InChI is InChI=1S/2Al.HO3P.5H/c;;1-4(2)3;;;;;/h;;(H-,1,2,3);;;;;/q;-1;;;;;;/p+1. The van der Waals surface area contributed by atoms with Crippen LogP contribution < -0.4 is 0 Å². The Kier molecular flexibility index (Phi) is 5.55. The van der Waals surface area contributed by atoms with Gasteiger partial charge in [-0.2, -0.15) is 0 Å². The Morgan fingerprint density at radius 2 is 1.50 bits per heavy atom. The topological polar surface area (TPSA) is 57.5 Å². The van der Waals surface area contributed by atoms with E-state index >= 15 is 0 Å². The van der Waals surface area contributed by atoms with Crippen molar-refractivity contribution >= 4 is 39.4 Å². The molecule has 0 saturated heterocycles. The zero-order valence-electron chi connectivity index (χ0n) is 2.75. The van der Waals surface area contributed by atoms with Crippen LogP contribution in [0.4, 0.5) is 0 Å². The summed E-state index contributed by atoms with van der Waals surface area (Å²) < 4.78 is 9.39. The quantitative estimate of drug-likeness (QED) is 0.289. The predicted molar refractivity (Wildman–Crippen MR) is 30.5 cm³/mol. The van der Waals surface area contributed by atoms with Crippen LogP contribution >= 0.6 is 6.24 Å². The van der Waals surface area contributed by atoms with Crippen molar-refractivity contribution in [2.45, 2.75) is 0 Å². The molecule has 0 aliphatic rings. The van der Waals surface area contributed by atoms with Crippen molar-refractivity contribution in [1.82, 2.24) is 0 Å². The summed E-state index contributed by atoms with van der Waals surface area (Å²) in [6.07, 6.45) is -3.50. The van der Waals surface area contributed by atoms with E-state index in [1.54, 1.807) is 0 Å². The van der Waals surface area contributed by atoms with Crippen LogP contribution in [0.15, 0.2) is 0 Å². The van der Waals surface area contributed by atoms with Gasteiger partial charge in [-0.15, -0.1) is 0 Å². The smallest absolute Gasteiger partial charge is 0.340 e. The Labute approximate surface area is 54.1 Å². The molecule has 0 spiro atoms. The molecule has 0 amide bonds. The minimum atomic E-state index is -3.50. The van der Waals surface area contributed by atoms with Crippen LogP contribution in [0.3, 0.4) is 0 Å². The van der Waals surface area contributed by atoms with Gasteiger partial charge in [0.05, 0.1) is 0 Å². The third-order valence-corrected chi connectivity index (χ3v) is 0. The summed E-state index contributed by atoms with van der Waals surface area (Å²) >= 11 is -0.0255. The van der Waals surface area contributed by atoms with Crippen molar-refractivity contribution < 1.29 is 14.4 Å². The number of hydrogen-bond acceptors (Lipinski definition) is 1. The highest BCUT2D eigenvalue weighted by Crippen LogP contribution is 2.24. The molecule has 6 heavy (non-hydrogen) atoms. The first-order chi connectivity index (χ1) is 2.00. The maximum atomic E-state index is 9.39. The van der Waals surface area contributed by atoms with E-state index < -0.39 is 6.24 Å². The second-order valence-corrected chi connectivity index (χ2v) is 6.00. The Morgan fingerprint density at radius 3 is 1.50 bits per heavy atom. The van der Waals surface area contributed by atoms with Gasteiger partial charge in [-0.25, -0.2) is 0 Å². The molecule has 6 heteroatoms. The molecule has 36 valence electrons. The van der Waals surface area contributed by atoms with Gasteiger partial charge in [0.25, 0.3) is 0 Å². The maximum absolute atomic E-state index is 9.39. The van der Waals surface area contributed by atoms with Gasteiger partial charge >= 0.3 is 15.8 Å². The van der Waals surface area contributed by atoms with E-state index in [0.29, 0.717) is 0 Å². The van der Waals surface area contributed by atoms with E-state index in [4.69, 9.17) is 9.79 Å². The molecule has 0 atom stereocenters. The van der Waals surface area contributed by atoms with Crippen molar-refractivity contribution in [2.24, 2.45) is 0 Å². The molecule has 0 aliphatic carbocycles. The second-order valence-electron chi connectivity index (χ2n) is 0.835. The Hall–Kier alpha value is 1.21. The molecule has 0 radical (unpaired) electrons. The van der Waals surface area contributed by atoms with Crippen LogP contribution in [0.2, 0.25) is 0 Å². The van der Waals surface area contributed by atoms with Crippen molar-refractivity contribution in [2.75, 3.05) is 0 Å². The zero-order valence-corrected chi connectivity index (χ0v) is 5.64. The van der Waals surface area contributed by atoms with Crippen LogP contribution in [-0.2, 0) is 4.57 Å². The molecular weight excluding hydrogens is 133 g/mol. The van der Waals surface area contributed by atoms with Crippen LogP contribution in [0, 0.1) is 0 Å². The van der Waals surface area contributed by atoms with Crippen molar-refractivity contribution in [3.63, 3.8) is 0 Å². The summed E-state index contributed by atoms with van der Waals surface area (Å²) in [6.45, 7) is 0. The lowest BCUT2D eigenvalue weighted by Crippen LogP contribution is -1.67. The monoisotopic (exact) mass is 140 g/mol. The van der Waals surface area contributed by atoms with E-state index in [0.717, 1.165) is 0 Å². The van der Waals surface area contributed by atoms with Crippen molar-refractivity contribution in [1.29, 1.82) is 0 Å². The van der Waals surface area contributed by atoms with Crippen molar-refractivity contribution in [3.8, 4) is 0 Å². The SMILES string of the molecule is O=[P](O)(O)[AlH2].[AlH3]. The van der Waals surface area contributed by atoms with Gasteiger partial charge in [0, 0.05) is 0 Å². The van der Waals surface area contributed by atoms with Gasteiger partial charge in [0.2, 0.25) is 6.24 Å². The Morgan fingerprint density at radius 1 is 1.50 bits per heavy atom. The van der Waals surface area contributed by atoms with E-state index in [2.05, 4.69) is 0 Å². The lowest BCUT2D eigenvalue weighted by Gasteiger charge is -1.86. The van der Waals surface area contributed by atoms with Crippen molar-refractivity contribution in [3.05, 3.63) is 0 Å². The van der Waals surface area contributed by atoms with Crippen LogP contribution in [-0.4, -0.2) is 43.0 Å². The Bertz CT molecular complexity index is 54.9. The number of hydrogen-bond donors (Lipinski definition) is 2. The molecule has 0 bridgehead atoms. The highest BCUT2D eigenvalue weighted by Gasteiger charge is 1.95. The Balaban J connectivity index is 0. The summed E-state index contributed by atoms with van der Waals surface area (Å²) in [7, 11) is 0. The summed E-state index contributed by atoms with van der Waals surface area (Å²) in [5, 5.41) is 0. The highest BCUT2D eigenvalue weighted by atomic mass is 31.4. The fourth-order valence-corrected chi connectivity index (χ4v) is 0. The number of rotatable bonds is 0. The molecule has 3 nitrogen and oxygen atoms in total. The van der Waals surface area contributed by atoms with E-state index in [9.17, 15) is 4.57 Å². The molecule has 0 aliphatic heterocycles. The molecule has 0 fully saturated rings. The van der Waals surface area contributed by atoms with E-state index in [1.165, 1.54) is 0 Å². The maximum Gasteiger partial charge on any atom is 0.403 e. The second kappa shape index (κ2) is 3.25. The summed E-state index contributed by atoms with van der Waals surface area (Å²) in [5.41, 5.74) is 0. The average Bonchev–Trinajstić information content (AvgIpc) is 0.722. The average molecular weight is 140 g/mol. The third kappa shape index (κ3) is 62.8. The van der Waals surface area contributed by atoms with Gasteiger partial charge < -0.3 is 9.79 Å². The summed E-state index contributed by atoms with van der Waals surface area (Å²) in [6, 6.07) is 0. The fraction of sp³-hybridized carbons (Fsp3) is 0. The normalized spacial score (nSPS) is 9.67.